The van der Waals surface area contributed by atoms with E-state index in [1.165, 1.54) is 0 Å². The van der Waals surface area contributed by atoms with E-state index < -0.39 is 0 Å². The molecule has 0 spiro atoms. The minimum absolute atomic E-state index is 0.0905. The summed E-state index contributed by atoms with van der Waals surface area (Å²) in [6.45, 7) is 2.20. The van der Waals surface area contributed by atoms with E-state index in [2.05, 4.69) is 10.3 Å². The molecular formula is C21H18N4O. The number of carbonyl (C=O) groups excluding carboxylic acids is 1. The number of pyridine rings is 1. The van der Waals surface area contributed by atoms with Crippen LogP contribution in [0.25, 0.3) is 22.4 Å². The van der Waals surface area contributed by atoms with E-state index in [0.717, 1.165) is 33.7 Å². The third-order valence-corrected chi connectivity index (χ3v) is 4.23. The van der Waals surface area contributed by atoms with Crippen LogP contribution in [-0.4, -0.2) is 20.4 Å². The first kappa shape index (κ1) is 16.0. The maximum Gasteiger partial charge on any atom is 0.244 e. The quantitative estimate of drug-likeness (QED) is 0.609. The molecule has 2 heterocycles. The smallest absolute Gasteiger partial charge is 0.244 e. The molecule has 2 aromatic carbocycles. The molecule has 128 valence electrons. The molecule has 0 aliphatic heterocycles. The van der Waals surface area contributed by atoms with Crippen molar-refractivity contribution in [2.24, 2.45) is 0 Å². The molecule has 5 nitrogen and oxygen atoms in total. The molecule has 2 aromatic heterocycles. The molecule has 0 radical (unpaired) electrons. The molecule has 0 fully saturated rings. The minimum Gasteiger partial charge on any atom is -0.325 e. The monoisotopic (exact) mass is 342 g/mol. The molecule has 0 atom stereocenters. The van der Waals surface area contributed by atoms with Crippen LogP contribution >= 0.6 is 0 Å². The zero-order chi connectivity index (χ0) is 17.9. The van der Waals surface area contributed by atoms with Gasteiger partial charge in [-0.25, -0.2) is 4.98 Å². The molecule has 0 aliphatic carbocycles. The fourth-order valence-corrected chi connectivity index (χ4v) is 2.94. The van der Waals surface area contributed by atoms with Crippen molar-refractivity contribution >= 4 is 22.6 Å². The van der Waals surface area contributed by atoms with E-state index >= 15 is 0 Å². The predicted molar refractivity (Wildman–Crippen MR) is 103 cm³/mol. The SMILES string of the molecule is Cc1ccc(NC(=O)Cn2c(-c3ccncc3)nc3ccccc32)cc1. The van der Waals surface area contributed by atoms with Gasteiger partial charge in [0.05, 0.1) is 11.0 Å². The molecule has 0 aliphatic rings. The molecule has 0 unspecified atom stereocenters. The first-order chi connectivity index (χ1) is 12.7. The van der Waals surface area contributed by atoms with Crippen LogP contribution < -0.4 is 5.32 Å². The second-order valence-corrected chi connectivity index (χ2v) is 6.16. The van der Waals surface area contributed by atoms with E-state index in [4.69, 9.17) is 4.98 Å². The molecule has 5 heteroatoms. The number of para-hydroxylation sites is 2. The topological polar surface area (TPSA) is 59.8 Å². The van der Waals surface area contributed by atoms with Crippen molar-refractivity contribution in [2.45, 2.75) is 13.5 Å². The van der Waals surface area contributed by atoms with Crippen molar-refractivity contribution < 1.29 is 4.79 Å². The van der Waals surface area contributed by atoms with Gasteiger partial charge in [0.1, 0.15) is 12.4 Å². The van der Waals surface area contributed by atoms with Gasteiger partial charge in [-0.1, -0.05) is 29.8 Å². The van der Waals surface area contributed by atoms with Crippen molar-refractivity contribution in [3.8, 4) is 11.4 Å². The molecule has 26 heavy (non-hydrogen) atoms. The Morgan fingerprint density at radius 2 is 1.73 bits per heavy atom. The Hall–Kier alpha value is -3.47. The summed E-state index contributed by atoms with van der Waals surface area (Å²) in [6.07, 6.45) is 3.46. The lowest BCUT2D eigenvalue weighted by Gasteiger charge is -2.10. The Kier molecular flexibility index (Phi) is 4.19. The Labute approximate surface area is 151 Å². The maximum absolute atomic E-state index is 12.6. The largest absolute Gasteiger partial charge is 0.325 e. The van der Waals surface area contributed by atoms with Crippen LogP contribution in [0.5, 0.6) is 0 Å². The number of aromatic nitrogens is 3. The van der Waals surface area contributed by atoms with Gasteiger partial charge < -0.3 is 9.88 Å². The van der Waals surface area contributed by atoms with Gasteiger partial charge >= 0.3 is 0 Å². The first-order valence-corrected chi connectivity index (χ1v) is 8.43. The van der Waals surface area contributed by atoms with E-state index in [1.54, 1.807) is 12.4 Å². The highest BCUT2D eigenvalue weighted by molar-refractivity contribution is 5.92. The standard InChI is InChI=1S/C21H18N4O/c1-15-6-8-17(9-7-15)23-20(26)14-25-19-5-3-2-4-18(19)24-21(25)16-10-12-22-13-11-16/h2-13H,14H2,1H3,(H,23,26). The summed E-state index contributed by atoms with van der Waals surface area (Å²) in [5.41, 5.74) is 4.67. The summed E-state index contributed by atoms with van der Waals surface area (Å²) in [6, 6.07) is 19.4. The number of anilines is 1. The zero-order valence-corrected chi connectivity index (χ0v) is 14.4. The number of aryl methyl sites for hydroxylation is 1. The van der Waals surface area contributed by atoms with E-state index in [0.29, 0.717) is 0 Å². The lowest BCUT2D eigenvalue weighted by atomic mass is 10.2. The number of nitrogens with zero attached hydrogens (tertiary/aromatic N) is 3. The van der Waals surface area contributed by atoms with Crippen molar-refractivity contribution in [2.75, 3.05) is 5.32 Å². The molecule has 0 bridgehead atoms. The number of hydrogen-bond donors (Lipinski definition) is 1. The van der Waals surface area contributed by atoms with Crippen molar-refractivity contribution in [3.63, 3.8) is 0 Å². The highest BCUT2D eigenvalue weighted by Crippen LogP contribution is 2.24. The van der Waals surface area contributed by atoms with Crippen LogP contribution in [0.15, 0.2) is 73.1 Å². The molecule has 4 rings (SSSR count). The van der Waals surface area contributed by atoms with Crippen LogP contribution in [0, 0.1) is 6.92 Å². The van der Waals surface area contributed by atoms with Gasteiger partial charge in [-0.15, -0.1) is 0 Å². The van der Waals surface area contributed by atoms with Crippen molar-refractivity contribution in [1.82, 2.24) is 14.5 Å². The Morgan fingerprint density at radius 3 is 2.50 bits per heavy atom. The van der Waals surface area contributed by atoms with Crippen LogP contribution in [0.2, 0.25) is 0 Å². The highest BCUT2D eigenvalue weighted by Gasteiger charge is 2.15. The van der Waals surface area contributed by atoms with Gasteiger partial charge in [0.25, 0.3) is 0 Å². The molecule has 0 saturated carbocycles. The van der Waals surface area contributed by atoms with Crippen LogP contribution in [-0.2, 0) is 11.3 Å². The number of imidazole rings is 1. The fourth-order valence-electron chi connectivity index (χ4n) is 2.94. The molecule has 4 aromatic rings. The van der Waals surface area contributed by atoms with Crippen LogP contribution in [0.1, 0.15) is 5.56 Å². The van der Waals surface area contributed by atoms with Crippen LogP contribution in [0.4, 0.5) is 5.69 Å². The Balaban J connectivity index is 1.68. The number of hydrogen-bond acceptors (Lipinski definition) is 3. The third kappa shape index (κ3) is 3.19. The van der Waals surface area contributed by atoms with Gasteiger partial charge in [-0.05, 0) is 43.3 Å². The summed E-state index contributed by atoms with van der Waals surface area (Å²) in [5, 5.41) is 2.95. The van der Waals surface area contributed by atoms with E-state index in [-0.39, 0.29) is 12.5 Å². The zero-order valence-electron chi connectivity index (χ0n) is 14.4. The minimum atomic E-state index is -0.0905. The van der Waals surface area contributed by atoms with Crippen LogP contribution in [0.3, 0.4) is 0 Å². The lowest BCUT2D eigenvalue weighted by Crippen LogP contribution is -2.19. The number of nitrogens with one attached hydrogen (secondary N) is 1. The van der Waals surface area contributed by atoms with Gasteiger partial charge in [0, 0.05) is 23.6 Å². The van der Waals surface area contributed by atoms with Crippen molar-refractivity contribution in [3.05, 3.63) is 78.6 Å². The highest BCUT2D eigenvalue weighted by atomic mass is 16.1. The summed E-state index contributed by atoms with van der Waals surface area (Å²) in [5.74, 6) is 0.667. The fraction of sp³-hybridized carbons (Fsp3) is 0.0952. The van der Waals surface area contributed by atoms with Gasteiger partial charge in [-0.2, -0.15) is 0 Å². The number of amides is 1. The lowest BCUT2D eigenvalue weighted by molar-refractivity contribution is -0.116. The molecule has 1 N–H and O–H groups in total. The second-order valence-electron chi connectivity index (χ2n) is 6.16. The van der Waals surface area contributed by atoms with E-state index in [9.17, 15) is 4.79 Å². The summed E-state index contributed by atoms with van der Waals surface area (Å²) >= 11 is 0. The molecular weight excluding hydrogens is 324 g/mol. The second kappa shape index (κ2) is 6.80. The summed E-state index contributed by atoms with van der Waals surface area (Å²) < 4.78 is 1.94. The molecule has 0 saturated heterocycles. The molecule has 1 amide bonds. The summed E-state index contributed by atoms with van der Waals surface area (Å²) in [4.78, 5) is 21.4. The maximum atomic E-state index is 12.6. The Morgan fingerprint density at radius 1 is 1.00 bits per heavy atom. The van der Waals surface area contributed by atoms with Gasteiger partial charge in [0.2, 0.25) is 5.91 Å². The first-order valence-electron chi connectivity index (χ1n) is 8.43. The van der Waals surface area contributed by atoms with Gasteiger partial charge in [-0.3, -0.25) is 9.78 Å². The third-order valence-electron chi connectivity index (χ3n) is 4.23. The predicted octanol–water partition coefficient (Wildman–Crippen LogP) is 4.05. The summed E-state index contributed by atoms with van der Waals surface area (Å²) in [7, 11) is 0. The number of rotatable bonds is 4. The average molecular weight is 342 g/mol. The number of benzene rings is 2. The number of carbonyl (C=O) groups is 1. The Bertz CT molecular complexity index is 1050. The number of fused-ring (bicyclic) bond motifs is 1. The van der Waals surface area contributed by atoms with E-state index in [1.807, 2.05) is 72.2 Å². The average Bonchev–Trinajstić information content (AvgIpc) is 3.03. The van der Waals surface area contributed by atoms with Crippen molar-refractivity contribution in [1.29, 1.82) is 0 Å². The normalized spacial score (nSPS) is 10.8. The van der Waals surface area contributed by atoms with Gasteiger partial charge in [0.15, 0.2) is 0 Å².